The Morgan fingerprint density at radius 3 is 2.62 bits per heavy atom. The van der Waals surface area contributed by atoms with Crippen LogP contribution in [0, 0.1) is 6.92 Å². The fourth-order valence-corrected chi connectivity index (χ4v) is 3.64. The van der Waals surface area contributed by atoms with Gasteiger partial charge in [0.25, 0.3) is 0 Å². The number of carbonyl (C=O) groups is 1. The maximum atomic E-state index is 12.3. The van der Waals surface area contributed by atoms with Gasteiger partial charge in [0.15, 0.2) is 0 Å². The first-order valence-electron chi connectivity index (χ1n) is 9.25. The molecule has 24 heavy (non-hydrogen) atoms. The van der Waals surface area contributed by atoms with Gasteiger partial charge in [0, 0.05) is 38.4 Å². The molecule has 1 aromatic rings. The zero-order valence-corrected chi connectivity index (χ0v) is 14.8. The smallest absolute Gasteiger partial charge is 0.317 e. The summed E-state index contributed by atoms with van der Waals surface area (Å²) < 4.78 is 0. The number of nitrogens with one attached hydrogen (secondary N) is 1. The number of amides is 2. The molecule has 0 bridgehead atoms. The number of allylic oxidation sites excluding steroid dienone is 1. The van der Waals surface area contributed by atoms with E-state index in [1.54, 1.807) is 0 Å². The monoisotopic (exact) mass is 327 g/mol. The van der Waals surface area contributed by atoms with Crippen LogP contribution in [0.5, 0.6) is 0 Å². The van der Waals surface area contributed by atoms with E-state index in [0.717, 1.165) is 39.1 Å². The van der Waals surface area contributed by atoms with Crippen LogP contribution in [0.15, 0.2) is 35.9 Å². The molecule has 2 amide bonds. The zero-order chi connectivity index (χ0) is 16.8. The van der Waals surface area contributed by atoms with Crippen molar-refractivity contribution in [3.05, 3.63) is 41.5 Å². The van der Waals surface area contributed by atoms with Gasteiger partial charge in [0.1, 0.15) is 0 Å². The number of carbonyl (C=O) groups excluding carboxylic acids is 1. The SMILES string of the molecule is Cc1ccccc1N1CCN(C(=O)NCCC2=CCCCC2)CC1. The summed E-state index contributed by atoms with van der Waals surface area (Å²) in [5.74, 6) is 0. The molecule has 3 rings (SSSR count). The standard InChI is InChI=1S/C20H29N3O/c1-17-7-5-6-10-19(17)22-13-15-23(16-14-22)20(24)21-12-11-18-8-3-2-4-9-18/h5-8,10H,2-4,9,11-16H2,1H3,(H,21,24). The lowest BCUT2D eigenvalue weighted by atomic mass is 9.97. The molecule has 1 N–H and O–H groups in total. The summed E-state index contributed by atoms with van der Waals surface area (Å²) in [6, 6.07) is 8.57. The van der Waals surface area contributed by atoms with Gasteiger partial charge in [-0.25, -0.2) is 4.79 Å². The molecule has 0 aromatic heterocycles. The number of para-hydroxylation sites is 1. The van der Waals surface area contributed by atoms with E-state index in [1.807, 2.05) is 4.90 Å². The number of hydrogen-bond acceptors (Lipinski definition) is 2. The van der Waals surface area contributed by atoms with E-state index in [0.29, 0.717) is 0 Å². The van der Waals surface area contributed by atoms with Crippen LogP contribution in [0.25, 0.3) is 0 Å². The van der Waals surface area contributed by atoms with E-state index < -0.39 is 0 Å². The minimum Gasteiger partial charge on any atom is -0.368 e. The van der Waals surface area contributed by atoms with Gasteiger partial charge in [0.05, 0.1) is 0 Å². The highest BCUT2D eigenvalue weighted by Crippen LogP contribution is 2.21. The number of urea groups is 1. The molecule has 0 unspecified atom stereocenters. The van der Waals surface area contributed by atoms with Crippen molar-refractivity contribution in [2.75, 3.05) is 37.6 Å². The van der Waals surface area contributed by atoms with Crippen molar-refractivity contribution in [1.29, 1.82) is 0 Å². The Kier molecular flexibility index (Phi) is 5.78. The number of rotatable bonds is 4. The Morgan fingerprint density at radius 1 is 1.12 bits per heavy atom. The third-order valence-electron chi connectivity index (χ3n) is 5.13. The van der Waals surface area contributed by atoms with Crippen molar-refractivity contribution in [2.24, 2.45) is 0 Å². The number of benzene rings is 1. The molecule has 0 spiro atoms. The second kappa shape index (κ2) is 8.22. The van der Waals surface area contributed by atoms with E-state index in [9.17, 15) is 4.79 Å². The topological polar surface area (TPSA) is 35.6 Å². The summed E-state index contributed by atoms with van der Waals surface area (Å²) in [4.78, 5) is 16.7. The second-order valence-corrected chi connectivity index (χ2v) is 6.85. The molecule has 0 atom stereocenters. The van der Waals surface area contributed by atoms with Gasteiger partial charge in [-0.2, -0.15) is 0 Å². The molecule has 0 saturated carbocycles. The highest BCUT2D eigenvalue weighted by Gasteiger charge is 2.21. The predicted octanol–water partition coefficient (Wildman–Crippen LogP) is 3.72. The summed E-state index contributed by atoms with van der Waals surface area (Å²) in [7, 11) is 0. The number of nitrogens with zero attached hydrogens (tertiary/aromatic N) is 2. The molecule has 1 fully saturated rings. The summed E-state index contributed by atoms with van der Waals surface area (Å²) in [5, 5.41) is 3.09. The minimum atomic E-state index is 0.0934. The van der Waals surface area contributed by atoms with E-state index in [4.69, 9.17) is 0 Å². The van der Waals surface area contributed by atoms with Crippen LogP contribution >= 0.6 is 0 Å². The second-order valence-electron chi connectivity index (χ2n) is 6.85. The van der Waals surface area contributed by atoms with Gasteiger partial charge in [-0.1, -0.05) is 29.8 Å². The van der Waals surface area contributed by atoms with E-state index in [1.165, 1.54) is 42.5 Å². The molecule has 1 saturated heterocycles. The van der Waals surface area contributed by atoms with E-state index in [-0.39, 0.29) is 6.03 Å². The van der Waals surface area contributed by atoms with Crippen LogP contribution in [0.2, 0.25) is 0 Å². The van der Waals surface area contributed by atoms with Crippen LogP contribution in [0.4, 0.5) is 10.5 Å². The highest BCUT2D eigenvalue weighted by molar-refractivity contribution is 5.74. The third kappa shape index (κ3) is 4.31. The van der Waals surface area contributed by atoms with Gasteiger partial charge >= 0.3 is 6.03 Å². The van der Waals surface area contributed by atoms with Crippen LogP contribution in [0.3, 0.4) is 0 Å². The Balaban J connectivity index is 1.42. The maximum Gasteiger partial charge on any atom is 0.317 e. The first-order chi connectivity index (χ1) is 11.7. The number of anilines is 1. The minimum absolute atomic E-state index is 0.0934. The zero-order valence-electron chi connectivity index (χ0n) is 14.8. The predicted molar refractivity (Wildman–Crippen MR) is 99.5 cm³/mol. The molecular weight excluding hydrogens is 298 g/mol. The lowest BCUT2D eigenvalue weighted by molar-refractivity contribution is 0.194. The summed E-state index contributed by atoms with van der Waals surface area (Å²) in [6.45, 7) is 6.32. The van der Waals surface area contributed by atoms with Gasteiger partial charge in [0.2, 0.25) is 0 Å². The molecule has 4 heteroatoms. The molecule has 0 radical (unpaired) electrons. The average molecular weight is 327 g/mol. The molecule has 1 aliphatic carbocycles. The normalized spacial score (nSPS) is 18.3. The van der Waals surface area contributed by atoms with E-state index in [2.05, 4.69) is 47.5 Å². The number of piperazine rings is 1. The Hall–Kier alpha value is -1.97. The largest absolute Gasteiger partial charge is 0.368 e. The lowest BCUT2D eigenvalue weighted by Crippen LogP contribution is -2.52. The van der Waals surface area contributed by atoms with E-state index >= 15 is 0 Å². The molecular formula is C20H29N3O. The molecule has 130 valence electrons. The third-order valence-corrected chi connectivity index (χ3v) is 5.13. The fourth-order valence-electron chi connectivity index (χ4n) is 3.64. The van der Waals surface area contributed by atoms with Crippen LogP contribution < -0.4 is 10.2 Å². The summed E-state index contributed by atoms with van der Waals surface area (Å²) in [6.07, 6.45) is 8.42. The van der Waals surface area contributed by atoms with Gasteiger partial charge in [-0.15, -0.1) is 0 Å². The van der Waals surface area contributed by atoms with Gasteiger partial charge in [-0.05, 0) is 50.7 Å². The molecule has 4 nitrogen and oxygen atoms in total. The Labute approximate surface area is 145 Å². The Bertz CT molecular complexity index is 588. The Morgan fingerprint density at radius 2 is 1.92 bits per heavy atom. The van der Waals surface area contributed by atoms with Gasteiger partial charge in [-0.3, -0.25) is 0 Å². The molecule has 1 heterocycles. The van der Waals surface area contributed by atoms with Crippen LogP contribution in [-0.4, -0.2) is 43.7 Å². The van der Waals surface area contributed by atoms with Crippen molar-refractivity contribution in [1.82, 2.24) is 10.2 Å². The molecule has 1 aromatic carbocycles. The van der Waals surface area contributed by atoms with Crippen molar-refractivity contribution in [2.45, 2.75) is 39.0 Å². The number of hydrogen-bond donors (Lipinski definition) is 1. The maximum absolute atomic E-state index is 12.3. The van der Waals surface area contributed by atoms with Gasteiger partial charge < -0.3 is 15.1 Å². The van der Waals surface area contributed by atoms with Crippen LogP contribution in [0.1, 0.15) is 37.7 Å². The van der Waals surface area contributed by atoms with Crippen molar-refractivity contribution in [3.8, 4) is 0 Å². The van der Waals surface area contributed by atoms with Crippen molar-refractivity contribution < 1.29 is 4.79 Å². The first kappa shape index (κ1) is 16.9. The average Bonchev–Trinajstić information content (AvgIpc) is 2.63. The number of aryl methyl sites for hydroxylation is 1. The first-order valence-corrected chi connectivity index (χ1v) is 9.25. The van der Waals surface area contributed by atoms with Crippen LogP contribution in [-0.2, 0) is 0 Å². The van der Waals surface area contributed by atoms with Crippen molar-refractivity contribution in [3.63, 3.8) is 0 Å². The lowest BCUT2D eigenvalue weighted by Gasteiger charge is -2.36. The fraction of sp³-hybridized carbons (Fsp3) is 0.550. The van der Waals surface area contributed by atoms with Crippen molar-refractivity contribution >= 4 is 11.7 Å². The molecule has 2 aliphatic rings. The highest BCUT2D eigenvalue weighted by atomic mass is 16.2. The summed E-state index contributed by atoms with van der Waals surface area (Å²) in [5.41, 5.74) is 4.11. The summed E-state index contributed by atoms with van der Waals surface area (Å²) >= 11 is 0. The molecule has 1 aliphatic heterocycles. The quantitative estimate of drug-likeness (QED) is 0.856.